The third-order valence-electron chi connectivity index (χ3n) is 4.56. The Morgan fingerprint density at radius 1 is 1.39 bits per heavy atom. The molecule has 0 saturated carbocycles. The minimum Gasteiger partial charge on any atom is -0.466 e. The van der Waals surface area contributed by atoms with E-state index in [1.807, 2.05) is 29.2 Å². The van der Waals surface area contributed by atoms with Gasteiger partial charge in [-0.15, -0.1) is 0 Å². The zero-order chi connectivity index (χ0) is 16.7. The van der Waals surface area contributed by atoms with E-state index in [0.29, 0.717) is 19.5 Å². The van der Waals surface area contributed by atoms with Crippen molar-refractivity contribution in [2.75, 3.05) is 30.9 Å². The van der Waals surface area contributed by atoms with Gasteiger partial charge < -0.3 is 15.4 Å². The van der Waals surface area contributed by atoms with Crippen LogP contribution in [0.2, 0.25) is 0 Å². The molecule has 1 unspecified atom stereocenters. The lowest BCUT2D eigenvalue weighted by molar-refractivity contribution is -0.134. The molecule has 23 heavy (non-hydrogen) atoms. The number of esters is 1. The predicted octanol–water partition coefficient (Wildman–Crippen LogP) is 0.577. The summed E-state index contributed by atoms with van der Waals surface area (Å²) in [6.45, 7) is 0.901. The van der Waals surface area contributed by atoms with Gasteiger partial charge in [0.1, 0.15) is 4.75 Å². The first-order chi connectivity index (χ1) is 10.9. The summed E-state index contributed by atoms with van der Waals surface area (Å²) in [5.41, 5.74) is 7.61. The minimum atomic E-state index is -3.14. The van der Waals surface area contributed by atoms with Gasteiger partial charge in [0.05, 0.1) is 12.9 Å². The van der Waals surface area contributed by atoms with Gasteiger partial charge >= 0.3 is 5.97 Å². The van der Waals surface area contributed by atoms with Crippen LogP contribution in [-0.2, 0) is 19.4 Å². The van der Waals surface area contributed by atoms with Crippen molar-refractivity contribution in [1.82, 2.24) is 0 Å². The van der Waals surface area contributed by atoms with E-state index >= 15 is 0 Å². The summed E-state index contributed by atoms with van der Waals surface area (Å²) in [6.07, 6.45) is 3.56. The lowest BCUT2D eigenvalue weighted by atomic mass is 9.91. The van der Waals surface area contributed by atoms with Gasteiger partial charge in [-0.05, 0) is 24.1 Å². The summed E-state index contributed by atoms with van der Waals surface area (Å²) < 4.78 is 28.5. The molecule has 0 aliphatic carbocycles. The average molecular weight is 336 g/mol. The standard InChI is InChI=1S/C16H20N2O4S/c1-22-15(19)7-6-12-4-2-3-5-14(12)18-10-16(11-18)8-13(17)9-23(16,20)21/h2-7,13H,8-11,17H2,1H3. The van der Waals surface area contributed by atoms with E-state index in [2.05, 4.69) is 4.74 Å². The monoisotopic (exact) mass is 336 g/mol. The molecule has 1 atom stereocenters. The summed E-state index contributed by atoms with van der Waals surface area (Å²) in [7, 11) is -1.82. The van der Waals surface area contributed by atoms with E-state index in [0.717, 1.165) is 11.3 Å². The topological polar surface area (TPSA) is 89.7 Å². The lowest BCUT2D eigenvalue weighted by Crippen LogP contribution is -2.64. The fourth-order valence-electron chi connectivity index (χ4n) is 3.41. The van der Waals surface area contributed by atoms with Gasteiger partial charge in [-0.2, -0.15) is 0 Å². The maximum atomic E-state index is 12.3. The molecular weight excluding hydrogens is 316 g/mol. The van der Waals surface area contributed by atoms with Crippen molar-refractivity contribution >= 4 is 27.6 Å². The number of benzene rings is 1. The number of methoxy groups -OCH3 is 1. The van der Waals surface area contributed by atoms with Gasteiger partial charge in [-0.1, -0.05) is 18.2 Å². The van der Waals surface area contributed by atoms with Crippen LogP contribution in [0.4, 0.5) is 5.69 Å². The van der Waals surface area contributed by atoms with Crippen molar-refractivity contribution in [3.05, 3.63) is 35.9 Å². The number of sulfone groups is 1. The Morgan fingerprint density at radius 2 is 2.09 bits per heavy atom. The highest BCUT2D eigenvalue weighted by Gasteiger charge is 2.58. The van der Waals surface area contributed by atoms with E-state index in [9.17, 15) is 13.2 Å². The molecule has 7 heteroatoms. The van der Waals surface area contributed by atoms with Crippen molar-refractivity contribution in [1.29, 1.82) is 0 Å². The highest BCUT2D eigenvalue weighted by Crippen LogP contribution is 2.42. The molecule has 2 aliphatic heterocycles. The predicted molar refractivity (Wildman–Crippen MR) is 88.8 cm³/mol. The molecule has 2 fully saturated rings. The number of hydrogen-bond acceptors (Lipinski definition) is 6. The Balaban J connectivity index is 1.81. The molecule has 1 aromatic carbocycles. The quantitative estimate of drug-likeness (QED) is 0.641. The van der Waals surface area contributed by atoms with Crippen LogP contribution < -0.4 is 10.6 Å². The van der Waals surface area contributed by atoms with Gasteiger partial charge in [-0.25, -0.2) is 13.2 Å². The molecular formula is C16H20N2O4S. The van der Waals surface area contributed by atoms with E-state index in [1.54, 1.807) is 6.08 Å². The van der Waals surface area contributed by atoms with Gasteiger partial charge in [-0.3, -0.25) is 0 Å². The fourth-order valence-corrected chi connectivity index (χ4v) is 5.62. The van der Waals surface area contributed by atoms with Crippen LogP contribution in [0.5, 0.6) is 0 Å². The molecule has 0 aromatic heterocycles. The molecule has 0 radical (unpaired) electrons. The first-order valence-corrected chi connectivity index (χ1v) is 9.10. The number of nitrogens with two attached hydrogens (primary N) is 1. The van der Waals surface area contributed by atoms with Gasteiger partial charge in [0.2, 0.25) is 0 Å². The van der Waals surface area contributed by atoms with Crippen molar-refractivity contribution in [3.63, 3.8) is 0 Å². The Hall–Kier alpha value is -1.86. The van der Waals surface area contributed by atoms with E-state index in [-0.39, 0.29) is 11.8 Å². The first-order valence-electron chi connectivity index (χ1n) is 7.45. The maximum absolute atomic E-state index is 12.3. The molecule has 1 spiro atoms. The van der Waals surface area contributed by atoms with E-state index in [1.165, 1.54) is 13.2 Å². The van der Waals surface area contributed by atoms with Crippen LogP contribution in [0.25, 0.3) is 6.08 Å². The number of ether oxygens (including phenoxy) is 1. The molecule has 2 aliphatic rings. The van der Waals surface area contributed by atoms with Crippen LogP contribution in [-0.4, -0.2) is 51.1 Å². The molecule has 2 saturated heterocycles. The van der Waals surface area contributed by atoms with E-state index in [4.69, 9.17) is 5.73 Å². The Morgan fingerprint density at radius 3 is 2.70 bits per heavy atom. The number of nitrogens with zero attached hydrogens (tertiary/aromatic N) is 1. The summed E-state index contributed by atoms with van der Waals surface area (Å²) in [4.78, 5) is 13.3. The summed E-state index contributed by atoms with van der Waals surface area (Å²) in [5.74, 6) is -0.353. The first kappa shape index (κ1) is 16.0. The second kappa shape index (κ2) is 5.65. The molecule has 6 nitrogen and oxygen atoms in total. The molecule has 2 N–H and O–H groups in total. The lowest BCUT2D eigenvalue weighted by Gasteiger charge is -2.48. The Bertz CT molecular complexity index is 751. The van der Waals surface area contributed by atoms with Crippen LogP contribution in [0.3, 0.4) is 0 Å². The summed E-state index contributed by atoms with van der Waals surface area (Å²) in [5, 5.41) is 0. The number of hydrogen-bond donors (Lipinski definition) is 1. The van der Waals surface area contributed by atoms with Crippen molar-refractivity contribution in [3.8, 4) is 0 Å². The third kappa shape index (κ3) is 2.74. The molecule has 1 aromatic rings. The van der Waals surface area contributed by atoms with Gasteiger partial charge in [0.15, 0.2) is 9.84 Å². The van der Waals surface area contributed by atoms with Crippen molar-refractivity contribution in [2.45, 2.75) is 17.2 Å². The second-order valence-corrected chi connectivity index (χ2v) is 8.63. The number of anilines is 1. The van der Waals surface area contributed by atoms with Crippen LogP contribution in [0.1, 0.15) is 12.0 Å². The minimum absolute atomic E-state index is 0.0741. The smallest absolute Gasteiger partial charge is 0.330 e. The number of para-hydroxylation sites is 1. The molecule has 124 valence electrons. The summed E-state index contributed by atoms with van der Waals surface area (Å²) >= 11 is 0. The zero-order valence-corrected chi connectivity index (χ0v) is 13.8. The van der Waals surface area contributed by atoms with Crippen molar-refractivity contribution in [2.24, 2.45) is 5.73 Å². The normalized spacial score (nSPS) is 24.8. The third-order valence-corrected chi connectivity index (χ3v) is 7.17. The molecule has 0 bridgehead atoms. The van der Waals surface area contributed by atoms with Crippen molar-refractivity contribution < 1.29 is 17.9 Å². The molecule has 2 heterocycles. The zero-order valence-electron chi connectivity index (χ0n) is 12.9. The fraction of sp³-hybridized carbons (Fsp3) is 0.438. The summed E-state index contributed by atoms with van der Waals surface area (Å²) in [6, 6.07) is 7.31. The van der Waals surface area contributed by atoms with E-state index < -0.39 is 20.6 Å². The highest BCUT2D eigenvalue weighted by molar-refractivity contribution is 7.93. The number of carbonyl (C=O) groups is 1. The second-order valence-electron chi connectivity index (χ2n) is 6.20. The maximum Gasteiger partial charge on any atom is 0.330 e. The molecule has 0 amide bonds. The van der Waals surface area contributed by atoms with Crippen LogP contribution in [0, 0.1) is 0 Å². The molecule has 3 rings (SSSR count). The number of carbonyl (C=O) groups excluding carboxylic acids is 1. The van der Waals surface area contributed by atoms with Crippen LogP contribution in [0.15, 0.2) is 30.3 Å². The largest absolute Gasteiger partial charge is 0.466 e. The average Bonchev–Trinajstić information content (AvgIpc) is 2.72. The number of rotatable bonds is 3. The van der Waals surface area contributed by atoms with Gasteiger partial charge in [0, 0.05) is 30.9 Å². The highest BCUT2D eigenvalue weighted by atomic mass is 32.2. The Kier molecular flexibility index (Phi) is 3.93. The van der Waals surface area contributed by atoms with Crippen LogP contribution >= 0.6 is 0 Å². The SMILES string of the molecule is COC(=O)C=Cc1ccccc1N1CC2(CC(N)CS2(=O)=O)C1. The Labute approximate surface area is 135 Å². The van der Waals surface area contributed by atoms with Gasteiger partial charge in [0.25, 0.3) is 0 Å².